The van der Waals surface area contributed by atoms with Crippen LogP contribution in [0.15, 0.2) is 10.9 Å². The van der Waals surface area contributed by atoms with Crippen molar-refractivity contribution in [2.75, 3.05) is 0 Å². The predicted molar refractivity (Wildman–Crippen MR) is 54.7 cm³/mol. The Balaban J connectivity index is 2.91. The van der Waals surface area contributed by atoms with E-state index in [1.807, 2.05) is 13.8 Å². The average molecular weight is 191 g/mol. The topological polar surface area (TPSA) is 50.2 Å². The van der Waals surface area contributed by atoms with Gasteiger partial charge in [0.25, 0.3) is 5.56 Å². The van der Waals surface area contributed by atoms with E-state index in [1.54, 1.807) is 4.52 Å². The van der Waals surface area contributed by atoms with Crippen LogP contribution in [0.5, 0.6) is 0 Å². The molecular formula is C10H13N3O. The number of nitrogens with one attached hydrogen (secondary N) is 1. The van der Waals surface area contributed by atoms with Gasteiger partial charge >= 0.3 is 0 Å². The summed E-state index contributed by atoms with van der Waals surface area (Å²) in [5, 5.41) is 2.73. The lowest BCUT2D eigenvalue weighted by molar-refractivity contribution is 0.840. The molecule has 0 radical (unpaired) electrons. The summed E-state index contributed by atoms with van der Waals surface area (Å²) in [5.74, 6) is 0. The van der Waals surface area contributed by atoms with E-state index < -0.39 is 0 Å². The zero-order chi connectivity index (χ0) is 10.3. The largest absolute Gasteiger partial charge is 0.268 e. The molecule has 0 saturated carbocycles. The van der Waals surface area contributed by atoms with Crippen LogP contribution in [0.1, 0.15) is 23.9 Å². The fourth-order valence-electron chi connectivity index (χ4n) is 1.87. The van der Waals surface area contributed by atoms with Gasteiger partial charge in [-0.15, -0.1) is 0 Å². The van der Waals surface area contributed by atoms with Gasteiger partial charge in [0.1, 0.15) is 0 Å². The molecule has 2 rings (SSSR count). The fourth-order valence-corrected chi connectivity index (χ4v) is 1.87. The van der Waals surface area contributed by atoms with Crippen molar-refractivity contribution >= 4 is 5.65 Å². The Labute approximate surface area is 81.6 Å². The maximum atomic E-state index is 11.1. The molecule has 14 heavy (non-hydrogen) atoms. The second kappa shape index (κ2) is 2.97. The van der Waals surface area contributed by atoms with Crippen LogP contribution in [0.4, 0.5) is 0 Å². The lowest BCUT2D eigenvalue weighted by atomic mass is 10.1. The summed E-state index contributed by atoms with van der Waals surface area (Å²) in [7, 11) is 0. The average Bonchev–Trinajstić information content (AvgIpc) is 2.47. The van der Waals surface area contributed by atoms with Gasteiger partial charge in [-0.3, -0.25) is 9.89 Å². The summed E-state index contributed by atoms with van der Waals surface area (Å²) in [6.07, 6.45) is 0.931. The number of aromatic nitrogens is 3. The number of aromatic amines is 1. The molecule has 2 aromatic heterocycles. The van der Waals surface area contributed by atoms with E-state index in [2.05, 4.69) is 17.0 Å². The highest BCUT2D eigenvalue weighted by Crippen LogP contribution is 2.12. The van der Waals surface area contributed by atoms with E-state index in [0.717, 1.165) is 17.8 Å². The number of rotatable bonds is 1. The molecule has 74 valence electrons. The first kappa shape index (κ1) is 8.99. The summed E-state index contributed by atoms with van der Waals surface area (Å²) in [6, 6.07) is 1.51. The zero-order valence-electron chi connectivity index (χ0n) is 8.59. The molecule has 0 bridgehead atoms. The summed E-state index contributed by atoms with van der Waals surface area (Å²) >= 11 is 0. The fraction of sp³-hybridized carbons (Fsp3) is 0.400. The quantitative estimate of drug-likeness (QED) is 0.736. The molecule has 0 aliphatic rings. The van der Waals surface area contributed by atoms with Crippen LogP contribution in [0.25, 0.3) is 5.65 Å². The summed E-state index contributed by atoms with van der Waals surface area (Å²) in [5.41, 5.74) is 3.86. The Morgan fingerprint density at radius 3 is 2.86 bits per heavy atom. The first-order valence-corrected chi connectivity index (χ1v) is 4.71. The highest BCUT2D eigenvalue weighted by Gasteiger charge is 2.08. The Bertz CT molecular complexity index is 536. The van der Waals surface area contributed by atoms with Crippen molar-refractivity contribution in [2.45, 2.75) is 27.2 Å². The Morgan fingerprint density at radius 2 is 2.21 bits per heavy atom. The van der Waals surface area contributed by atoms with Gasteiger partial charge in [0.15, 0.2) is 5.65 Å². The highest BCUT2D eigenvalue weighted by atomic mass is 16.1. The van der Waals surface area contributed by atoms with Gasteiger partial charge in [0, 0.05) is 17.5 Å². The van der Waals surface area contributed by atoms with Crippen molar-refractivity contribution in [3.8, 4) is 0 Å². The smallest absolute Gasteiger partial charge is 0.266 e. The molecule has 0 amide bonds. The van der Waals surface area contributed by atoms with Crippen LogP contribution in [-0.4, -0.2) is 14.6 Å². The number of H-pyrrole nitrogens is 1. The second-order valence-corrected chi connectivity index (χ2v) is 3.43. The minimum atomic E-state index is -0.103. The maximum absolute atomic E-state index is 11.1. The molecule has 0 aliphatic carbocycles. The van der Waals surface area contributed by atoms with E-state index in [0.29, 0.717) is 5.65 Å². The molecule has 0 aromatic carbocycles. The molecule has 0 spiro atoms. The van der Waals surface area contributed by atoms with Gasteiger partial charge < -0.3 is 0 Å². The third kappa shape index (κ3) is 1.14. The van der Waals surface area contributed by atoms with E-state index in [4.69, 9.17) is 0 Å². The molecule has 0 saturated heterocycles. The van der Waals surface area contributed by atoms with Crippen molar-refractivity contribution in [1.82, 2.24) is 14.6 Å². The molecule has 0 unspecified atom stereocenters. The molecule has 0 aliphatic heterocycles. The lowest BCUT2D eigenvalue weighted by Crippen LogP contribution is -2.06. The normalized spacial score (nSPS) is 11.1. The van der Waals surface area contributed by atoms with E-state index in [9.17, 15) is 4.79 Å². The molecule has 2 heterocycles. The SMILES string of the molecule is CCc1c(C)nc2cc(=O)[nH]n2c1C. The van der Waals surface area contributed by atoms with E-state index >= 15 is 0 Å². The van der Waals surface area contributed by atoms with Gasteiger partial charge in [-0.05, 0) is 25.8 Å². The summed E-state index contributed by atoms with van der Waals surface area (Å²) in [4.78, 5) is 15.5. The molecule has 0 fully saturated rings. The van der Waals surface area contributed by atoms with Crippen LogP contribution in [-0.2, 0) is 6.42 Å². The summed E-state index contributed by atoms with van der Waals surface area (Å²) in [6.45, 7) is 6.06. The predicted octanol–water partition coefficient (Wildman–Crippen LogP) is 1.20. The van der Waals surface area contributed by atoms with Gasteiger partial charge in [-0.25, -0.2) is 9.50 Å². The minimum absolute atomic E-state index is 0.103. The Hall–Kier alpha value is -1.58. The van der Waals surface area contributed by atoms with Gasteiger partial charge in [0.05, 0.1) is 0 Å². The van der Waals surface area contributed by atoms with Crippen LogP contribution >= 0.6 is 0 Å². The van der Waals surface area contributed by atoms with Crippen LogP contribution in [0, 0.1) is 13.8 Å². The van der Waals surface area contributed by atoms with Crippen molar-refractivity contribution in [2.24, 2.45) is 0 Å². The molecule has 2 aromatic rings. The minimum Gasteiger partial charge on any atom is -0.268 e. The Kier molecular flexibility index (Phi) is 1.91. The van der Waals surface area contributed by atoms with Crippen molar-refractivity contribution in [3.63, 3.8) is 0 Å². The van der Waals surface area contributed by atoms with Crippen molar-refractivity contribution < 1.29 is 0 Å². The third-order valence-electron chi connectivity index (χ3n) is 2.56. The zero-order valence-corrected chi connectivity index (χ0v) is 8.59. The molecular weight excluding hydrogens is 178 g/mol. The standard InChI is InChI=1S/C10H13N3O/c1-4-8-6(2)11-9-5-10(14)12-13(9)7(8)3/h5H,4H2,1-3H3,(H,12,14). The van der Waals surface area contributed by atoms with Crippen molar-refractivity contribution in [3.05, 3.63) is 33.4 Å². The molecule has 4 nitrogen and oxygen atoms in total. The second-order valence-electron chi connectivity index (χ2n) is 3.43. The maximum Gasteiger partial charge on any atom is 0.266 e. The van der Waals surface area contributed by atoms with Crippen LogP contribution < -0.4 is 5.56 Å². The summed E-state index contributed by atoms with van der Waals surface area (Å²) < 4.78 is 1.74. The van der Waals surface area contributed by atoms with Gasteiger partial charge in [-0.2, -0.15) is 0 Å². The first-order chi connectivity index (χ1) is 6.63. The number of nitrogens with zero attached hydrogens (tertiary/aromatic N) is 2. The first-order valence-electron chi connectivity index (χ1n) is 4.71. The van der Waals surface area contributed by atoms with E-state index in [1.165, 1.54) is 11.6 Å². The van der Waals surface area contributed by atoms with Gasteiger partial charge in [-0.1, -0.05) is 6.92 Å². The molecule has 1 N–H and O–H groups in total. The van der Waals surface area contributed by atoms with Crippen LogP contribution in [0.3, 0.4) is 0 Å². The third-order valence-corrected chi connectivity index (χ3v) is 2.56. The van der Waals surface area contributed by atoms with Gasteiger partial charge in [0.2, 0.25) is 0 Å². The highest BCUT2D eigenvalue weighted by molar-refractivity contribution is 5.42. The number of aryl methyl sites for hydroxylation is 2. The number of hydrogen-bond acceptors (Lipinski definition) is 2. The van der Waals surface area contributed by atoms with Crippen LogP contribution in [0.2, 0.25) is 0 Å². The monoisotopic (exact) mass is 191 g/mol. The lowest BCUT2D eigenvalue weighted by Gasteiger charge is -2.08. The van der Waals surface area contributed by atoms with E-state index in [-0.39, 0.29) is 5.56 Å². The Morgan fingerprint density at radius 1 is 1.50 bits per heavy atom. The van der Waals surface area contributed by atoms with Crippen molar-refractivity contribution in [1.29, 1.82) is 0 Å². The molecule has 0 atom stereocenters. The number of hydrogen-bond donors (Lipinski definition) is 1. The number of fused-ring (bicyclic) bond motifs is 1. The molecule has 4 heteroatoms.